The highest BCUT2D eigenvalue weighted by Gasteiger charge is 2.33. The molecule has 1 unspecified atom stereocenters. The molecule has 0 spiro atoms. The number of ketones is 1. The lowest BCUT2D eigenvalue weighted by atomic mass is 10.3. The molecule has 18 heavy (non-hydrogen) atoms. The van der Waals surface area contributed by atoms with Gasteiger partial charge in [-0.2, -0.15) is 0 Å². The Hall–Kier alpha value is -1.04. The molecule has 1 aliphatic heterocycles. The van der Waals surface area contributed by atoms with Gasteiger partial charge in [-0.15, -0.1) is 22.9 Å². The number of hydrazine groups is 1. The molecule has 4 nitrogen and oxygen atoms in total. The molecule has 0 bridgehead atoms. The molecule has 0 aromatic carbocycles. The Bertz CT molecular complexity index is 509. The van der Waals surface area contributed by atoms with Crippen LogP contribution in [0.2, 0.25) is 0 Å². The van der Waals surface area contributed by atoms with Crippen molar-refractivity contribution in [2.75, 3.05) is 10.9 Å². The van der Waals surface area contributed by atoms with Gasteiger partial charge in [-0.3, -0.25) is 15.2 Å². The average molecular weight is 284 g/mol. The van der Waals surface area contributed by atoms with Crippen LogP contribution in [0, 0.1) is 5.92 Å². The summed E-state index contributed by atoms with van der Waals surface area (Å²) >= 11 is 6.97. The summed E-state index contributed by atoms with van der Waals surface area (Å²) in [5.74, 6) is 0.617. The third-order valence-electron chi connectivity index (χ3n) is 3.14. The number of nitrogens with two attached hydrogens (primary N) is 1. The van der Waals surface area contributed by atoms with E-state index in [0.29, 0.717) is 10.8 Å². The van der Waals surface area contributed by atoms with E-state index in [4.69, 9.17) is 17.3 Å². The Labute approximate surface area is 114 Å². The summed E-state index contributed by atoms with van der Waals surface area (Å²) in [5, 5.41) is 2.85. The smallest absolute Gasteiger partial charge is 0.187 e. The number of hydrogen-bond donors (Lipinski definition) is 2. The minimum atomic E-state index is -0.168. The van der Waals surface area contributed by atoms with Gasteiger partial charge in [0, 0.05) is 11.6 Å². The number of carbonyl (C=O) groups excluding carboxylic acids is 1. The predicted octanol–water partition coefficient (Wildman–Crippen LogP) is 2.07. The summed E-state index contributed by atoms with van der Waals surface area (Å²) in [5.41, 5.74) is 10.6. The maximum Gasteiger partial charge on any atom is 0.187 e. The van der Waals surface area contributed by atoms with Gasteiger partial charge in [0.05, 0.1) is 10.8 Å². The molecule has 0 saturated heterocycles. The number of hydrogen-bond acceptors (Lipinski definition) is 5. The van der Waals surface area contributed by atoms with Crippen molar-refractivity contribution in [1.82, 2.24) is 5.43 Å². The molecule has 1 aromatic heterocycles. The second kappa shape index (κ2) is 4.57. The lowest BCUT2D eigenvalue weighted by Crippen LogP contribution is -2.43. The first-order chi connectivity index (χ1) is 8.69. The first-order valence-electron chi connectivity index (χ1n) is 5.91. The summed E-state index contributed by atoms with van der Waals surface area (Å²) in [6.07, 6.45) is 4.36. The lowest BCUT2D eigenvalue weighted by Gasteiger charge is -2.22. The Balaban J connectivity index is 1.75. The van der Waals surface area contributed by atoms with E-state index < -0.39 is 0 Å². The van der Waals surface area contributed by atoms with Gasteiger partial charge in [0.15, 0.2) is 5.78 Å². The number of alkyl halides is 1. The molecule has 1 atom stereocenters. The van der Waals surface area contributed by atoms with Crippen LogP contribution >= 0.6 is 22.9 Å². The predicted molar refractivity (Wildman–Crippen MR) is 73.8 cm³/mol. The zero-order chi connectivity index (χ0) is 12.7. The Morgan fingerprint density at radius 3 is 3.00 bits per heavy atom. The van der Waals surface area contributed by atoms with Crippen LogP contribution in [-0.4, -0.2) is 17.8 Å². The van der Waals surface area contributed by atoms with Gasteiger partial charge < -0.3 is 5.73 Å². The number of thiophene rings is 1. The van der Waals surface area contributed by atoms with Gasteiger partial charge in [-0.1, -0.05) is 0 Å². The molecular weight excluding hydrogens is 270 g/mol. The lowest BCUT2D eigenvalue weighted by molar-refractivity contribution is 0.102. The molecule has 0 amide bonds. The van der Waals surface area contributed by atoms with Crippen LogP contribution in [0.1, 0.15) is 22.5 Å². The number of carbonyl (C=O) groups is 1. The zero-order valence-corrected chi connectivity index (χ0v) is 11.3. The molecule has 0 radical (unpaired) electrons. The van der Waals surface area contributed by atoms with E-state index in [-0.39, 0.29) is 17.8 Å². The molecule has 3 N–H and O–H groups in total. The van der Waals surface area contributed by atoms with Crippen LogP contribution in [0.5, 0.6) is 0 Å². The van der Waals surface area contributed by atoms with Crippen molar-refractivity contribution in [2.24, 2.45) is 11.7 Å². The van der Waals surface area contributed by atoms with Crippen LogP contribution in [0.3, 0.4) is 0 Å². The number of Topliss-reactive ketones (excluding diaryl/α,β-unsaturated/α-hetero) is 1. The maximum absolute atomic E-state index is 11.5. The number of allylic oxidation sites excluding steroid dienone is 1. The monoisotopic (exact) mass is 283 g/mol. The highest BCUT2D eigenvalue weighted by molar-refractivity contribution is 7.18. The Morgan fingerprint density at radius 2 is 2.33 bits per heavy atom. The third kappa shape index (κ3) is 2.13. The fourth-order valence-corrected chi connectivity index (χ4v) is 3.18. The highest BCUT2D eigenvalue weighted by Crippen LogP contribution is 2.38. The Kier molecular flexibility index (Phi) is 3.05. The van der Waals surface area contributed by atoms with Crippen molar-refractivity contribution in [3.63, 3.8) is 0 Å². The van der Waals surface area contributed by atoms with E-state index in [2.05, 4.69) is 11.5 Å². The van der Waals surface area contributed by atoms with Gasteiger partial charge in [-0.05, 0) is 31.1 Å². The first kappa shape index (κ1) is 12.0. The van der Waals surface area contributed by atoms with E-state index in [1.165, 1.54) is 29.9 Å². The summed E-state index contributed by atoms with van der Waals surface area (Å²) in [4.78, 5) is 12.2. The van der Waals surface area contributed by atoms with Crippen molar-refractivity contribution in [1.29, 1.82) is 0 Å². The molecule has 2 aliphatic rings. The molecular formula is C12H14ClN3OS. The van der Waals surface area contributed by atoms with E-state index >= 15 is 0 Å². The van der Waals surface area contributed by atoms with Gasteiger partial charge in [-0.25, -0.2) is 0 Å². The van der Waals surface area contributed by atoms with Crippen molar-refractivity contribution in [3.8, 4) is 0 Å². The second-order valence-electron chi connectivity index (χ2n) is 4.56. The van der Waals surface area contributed by atoms with Gasteiger partial charge in [0.25, 0.3) is 0 Å². The summed E-state index contributed by atoms with van der Waals surface area (Å²) in [6.45, 7) is 0. The van der Waals surface area contributed by atoms with Gasteiger partial charge >= 0.3 is 0 Å². The molecule has 3 rings (SSSR count). The van der Waals surface area contributed by atoms with Crippen molar-refractivity contribution < 1.29 is 4.79 Å². The average Bonchev–Trinajstić information content (AvgIpc) is 2.98. The normalized spacial score (nSPS) is 22.9. The van der Waals surface area contributed by atoms with Crippen molar-refractivity contribution in [2.45, 2.75) is 19.0 Å². The molecule has 2 heterocycles. The quantitative estimate of drug-likeness (QED) is 0.656. The van der Waals surface area contributed by atoms with E-state index in [1.54, 1.807) is 6.07 Å². The molecule has 1 aliphatic carbocycles. The molecule has 1 aromatic rings. The minimum Gasteiger partial charge on any atom is -0.306 e. The molecule has 1 fully saturated rings. The Morgan fingerprint density at radius 1 is 1.56 bits per heavy atom. The van der Waals surface area contributed by atoms with Crippen LogP contribution < -0.4 is 16.2 Å². The summed E-state index contributed by atoms with van der Waals surface area (Å²) < 4.78 is 0. The fourth-order valence-electron chi connectivity index (χ4n) is 2.01. The fraction of sp³-hybridized carbons (Fsp3) is 0.417. The van der Waals surface area contributed by atoms with Crippen LogP contribution in [0.4, 0.5) is 5.00 Å². The van der Waals surface area contributed by atoms with Gasteiger partial charge in [0.2, 0.25) is 0 Å². The van der Waals surface area contributed by atoms with Crippen LogP contribution in [0.25, 0.3) is 0 Å². The molecule has 96 valence electrons. The second-order valence-corrected chi connectivity index (χ2v) is 5.89. The summed E-state index contributed by atoms with van der Waals surface area (Å²) in [7, 11) is 0. The molecule has 1 saturated carbocycles. The van der Waals surface area contributed by atoms with Gasteiger partial charge in [0.1, 0.15) is 11.2 Å². The summed E-state index contributed by atoms with van der Waals surface area (Å²) in [6, 6.07) is 3.70. The first-order valence-corrected chi connectivity index (χ1v) is 7.26. The standard InChI is InChI=1S/C12H14ClN3OS/c13-6-9(17)10-3-4-12(18-10)16-11(14)5-8(15-16)7-1-2-7/h3-5,7,11,15H,1-2,6,14H2. The topological polar surface area (TPSA) is 58.4 Å². The zero-order valence-electron chi connectivity index (χ0n) is 9.73. The van der Waals surface area contributed by atoms with E-state index in [0.717, 1.165) is 5.00 Å². The highest BCUT2D eigenvalue weighted by atomic mass is 35.5. The van der Waals surface area contributed by atoms with Crippen molar-refractivity contribution >= 4 is 33.7 Å². The van der Waals surface area contributed by atoms with Crippen molar-refractivity contribution in [3.05, 3.63) is 28.8 Å². The van der Waals surface area contributed by atoms with Crippen LogP contribution in [-0.2, 0) is 0 Å². The number of halogens is 1. The minimum absolute atomic E-state index is 0.0189. The SMILES string of the molecule is NC1C=C(C2CC2)NN1c1ccc(C(=O)CCl)s1. The van der Waals surface area contributed by atoms with E-state index in [9.17, 15) is 4.79 Å². The van der Waals surface area contributed by atoms with E-state index in [1.807, 2.05) is 11.1 Å². The van der Waals surface area contributed by atoms with Crippen LogP contribution in [0.15, 0.2) is 23.9 Å². The largest absolute Gasteiger partial charge is 0.306 e. The number of anilines is 1. The number of rotatable bonds is 4. The maximum atomic E-state index is 11.5. The number of nitrogens with zero attached hydrogens (tertiary/aromatic N) is 1. The molecule has 6 heteroatoms. The number of nitrogens with one attached hydrogen (secondary N) is 1. The third-order valence-corrected chi connectivity index (χ3v) is 4.51.